The Morgan fingerprint density at radius 1 is 1.57 bits per heavy atom. The minimum atomic E-state index is -0.0768. The van der Waals surface area contributed by atoms with E-state index >= 15 is 0 Å². The zero-order valence-corrected chi connectivity index (χ0v) is 4.74. The van der Waals surface area contributed by atoms with Gasteiger partial charge < -0.3 is 4.74 Å². The van der Waals surface area contributed by atoms with Crippen LogP contribution in [0.15, 0.2) is 10.8 Å². The van der Waals surface area contributed by atoms with Gasteiger partial charge in [0.05, 0.1) is 0 Å². The molecule has 0 spiro atoms. The van der Waals surface area contributed by atoms with Crippen molar-refractivity contribution >= 4 is 29.7 Å². The average Bonchev–Trinajstić information content (AvgIpc) is 1.61. The van der Waals surface area contributed by atoms with Gasteiger partial charge in [-0.3, -0.25) is 4.79 Å². The lowest BCUT2D eigenvalue weighted by atomic mass is 11.1. The fourth-order valence-electron chi connectivity index (χ4n) is 0.0792. The Labute approximate surface area is 50.7 Å². The van der Waals surface area contributed by atoms with Crippen LogP contribution in [0.1, 0.15) is 0 Å². The van der Waals surface area contributed by atoms with Crippen molar-refractivity contribution in [2.75, 3.05) is 0 Å². The lowest BCUT2D eigenvalue weighted by molar-refractivity contribution is -0.123. The molecular formula is C3H2Cl2O2. The first-order valence-corrected chi connectivity index (χ1v) is 2.13. The maximum atomic E-state index is 9.33. The Bertz CT molecular complexity index is 84.9. The second-order valence-electron chi connectivity index (χ2n) is 0.640. The Balaban J connectivity index is 3.25. The summed E-state index contributed by atoms with van der Waals surface area (Å²) in [6.07, 6.45) is 0.927. The van der Waals surface area contributed by atoms with Crippen LogP contribution < -0.4 is 0 Å². The standard InChI is InChI=1S/C3H2Cl2O2/c4-3(5)1-7-2-6/h1-2H. The third-order valence-corrected chi connectivity index (χ3v) is 0.391. The van der Waals surface area contributed by atoms with Crippen molar-refractivity contribution in [3.63, 3.8) is 0 Å². The van der Waals surface area contributed by atoms with Crippen LogP contribution in [0.4, 0.5) is 0 Å². The molecule has 4 heteroatoms. The summed E-state index contributed by atoms with van der Waals surface area (Å²) in [5.74, 6) is 0. The highest BCUT2D eigenvalue weighted by atomic mass is 35.5. The molecule has 0 aromatic carbocycles. The highest BCUT2D eigenvalue weighted by molar-refractivity contribution is 6.55. The van der Waals surface area contributed by atoms with Crippen LogP contribution in [0.3, 0.4) is 0 Å². The fourth-order valence-corrected chi connectivity index (χ4v) is 0.182. The van der Waals surface area contributed by atoms with Gasteiger partial charge in [-0.25, -0.2) is 0 Å². The summed E-state index contributed by atoms with van der Waals surface area (Å²) >= 11 is 10.00. The van der Waals surface area contributed by atoms with Crippen molar-refractivity contribution in [3.8, 4) is 0 Å². The summed E-state index contributed by atoms with van der Waals surface area (Å²) in [5, 5.41) is 0. The van der Waals surface area contributed by atoms with E-state index in [9.17, 15) is 4.79 Å². The first-order valence-electron chi connectivity index (χ1n) is 1.37. The maximum Gasteiger partial charge on any atom is 0.297 e. The number of carbonyl (C=O) groups is 1. The topological polar surface area (TPSA) is 26.3 Å². The van der Waals surface area contributed by atoms with Gasteiger partial charge in [-0.2, -0.15) is 0 Å². The molecule has 0 aromatic rings. The van der Waals surface area contributed by atoms with Crippen LogP contribution >= 0.6 is 23.2 Å². The van der Waals surface area contributed by atoms with Gasteiger partial charge in [0.2, 0.25) is 0 Å². The molecule has 0 atom stereocenters. The molecule has 0 fully saturated rings. The molecule has 0 aliphatic rings. The van der Waals surface area contributed by atoms with Crippen LogP contribution in [0.5, 0.6) is 0 Å². The van der Waals surface area contributed by atoms with E-state index in [-0.39, 0.29) is 11.0 Å². The smallest absolute Gasteiger partial charge is 0.297 e. The Kier molecular flexibility index (Phi) is 3.84. The first kappa shape index (κ1) is 6.79. The summed E-state index contributed by atoms with van der Waals surface area (Å²) in [4.78, 5) is 9.33. The van der Waals surface area contributed by atoms with Crippen LogP contribution in [-0.2, 0) is 9.53 Å². The molecule has 0 bridgehead atoms. The number of halogens is 2. The molecule has 0 N–H and O–H groups in total. The van der Waals surface area contributed by atoms with Crippen LogP contribution in [-0.4, -0.2) is 6.47 Å². The molecule has 0 saturated heterocycles. The van der Waals surface area contributed by atoms with Crippen molar-refractivity contribution in [2.45, 2.75) is 0 Å². The Morgan fingerprint density at radius 3 is 2.29 bits per heavy atom. The number of hydrogen-bond donors (Lipinski definition) is 0. The zero-order chi connectivity index (χ0) is 5.70. The second-order valence-corrected chi connectivity index (χ2v) is 1.65. The third kappa shape index (κ3) is 5.79. The lowest BCUT2D eigenvalue weighted by Crippen LogP contribution is -1.70. The van der Waals surface area contributed by atoms with Gasteiger partial charge in [0.1, 0.15) is 10.8 Å². The third-order valence-electron chi connectivity index (χ3n) is 0.213. The summed E-state index contributed by atoms with van der Waals surface area (Å²) in [6, 6.07) is 0. The van der Waals surface area contributed by atoms with Crippen LogP contribution in [0.2, 0.25) is 0 Å². The Morgan fingerprint density at radius 2 is 2.14 bits per heavy atom. The first-order chi connectivity index (χ1) is 3.27. The van der Waals surface area contributed by atoms with E-state index in [0.717, 1.165) is 6.26 Å². The zero-order valence-electron chi connectivity index (χ0n) is 3.23. The highest BCUT2D eigenvalue weighted by Gasteiger charge is 1.77. The largest absolute Gasteiger partial charge is 0.434 e. The van der Waals surface area contributed by atoms with E-state index in [4.69, 9.17) is 23.2 Å². The minimum absolute atomic E-state index is 0.0768. The molecule has 0 unspecified atom stereocenters. The van der Waals surface area contributed by atoms with Gasteiger partial charge in [-0.15, -0.1) is 0 Å². The fraction of sp³-hybridized carbons (Fsp3) is 0. The Hall–Kier alpha value is -0.210. The summed E-state index contributed by atoms with van der Waals surface area (Å²) < 4.78 is 3.91. The molecule has 0 rings (SSSR count). The van der Waals surface area contributed by atoms with E-state index in [1.165, 1.54) is 0 Å². The second kappa shape index (κ2) is 3.96. The summed E-state index contributed by atoms with van der Waals surface area (Å²) in [5.41, 5.74) is 0. The summed E-state index contributed by atoms with van der Waals surface area (Å²) in [6.45, 7) is 0.227. The monoisotopic (exact) mass is 140 g/mol. The molecule has 0 aromatic heterocycles. The van der Waals surface area contributed by atoms with Gasteiger partial charge >= 0.3 is 0 Å². The molecule has 0 radical (unpaired) electrons. The summed E-state index contributed by atoms with van der Waals surface area (Å²) in [7, 11) is 0. The average molecular weight is 141 g/mol. The van der Waals surface area contributed by atoms with Gasteiger partial charge in [0.25, 0.3) is 6.47 Å². The van der Waals surface area contributed by atoms with Crippen LogP contribution in [0, 0.1) is 0 Å². The number of carbonyl (C=O) groups excluding carboxylic acids is 1. The van der Waals surface area contributed by atoms with Crippen molar-refractivity contribution in [1.82, 2.24) is 0 Å². The molecule has 7 heavy (non-hydrogen) atoms. The van der Waals surface area contributed by atoms with Crippen molar-refractivity contribution in [2.24, 2.45) is 0 Å². The number of ether oxygens (including phenoxy) is 1. The molecule has 0 amide bonds. The molecule has 2 nitrogen and oxygen atoms in total. The normalized spacial score (nSPS) is 7.14. The number of rotatable bonds is 2. The molecule has 0 aliphatic carbocycles. The van der Waals surface area contributed by atoms with E-state index in [0.29, 0.717) is 0 Å². The van der Waals surface area contributed by atoms with Crippen LogP contribution in [0.25, 0.3) is 0 Å². The molecule has 40 valence electrons. The quantitative estimate of drug-likeness (QED) is 0.429. The van der Waals surface area contributed by atoms with Gasteiger partial charge in [-0.05, 0) is 0 Å². The van der Waals surface area contributed by atoms with Crippen molar-refractivity contribution in [3.05, 3.63) is 10.8 Å². The van der Waals surface area contributed by atoms with E-state index < -0.39 is 0 Å². The van der Waals surface area contributed by atoms with E-state index in [1.807, 2.05) is 0 Å². The van der Waals surface area contributed by atoms with Gasteiger partial charge in [-0.1, -0.05) is 23.2 Å². The molecule has 0 heterocycles. The molecule has 0 saturated carbocycles. The number of hydrogen-bond acceptors (Lipinski definition) is 2. The highest BCUT2D eigenvalue weighted by Crippen LogP contribution is 2.04. The predicted octanol–water partition coefficient (Wildman–Crippen LogP) is 1.44. The lowest BCUT2D eigenvalue weighted by Gasteiger charge is -1.79. The minimum Gasteiger partial charge on any atom is -0.434 e. The molecular weight excluding hydrogens is 139 g/mol. The van der Waals surface area contributed by atoms with E-state index in [1.54, 1.807) is 0 Å². The predicted molar refractivity (Wildman–Crippen MR) is 26.9 cm³/mol. The van der Waals surface area contributed by atoms with Crippen molar-refractivity contribution < 1.29 is 9.53 Å². The SMILES string of the molecule is O=COC=C(Cl)Cl. The van der Waals surface area contributed by atoms with Gasteiger partial charge in [0.15, 0.2) is 0 Å². The van der Waals surface area contributed by atoms with Crippen molar-refractivity contribution in [1.29, 1.82) is 0 Å². The maximum absolute atomic E-state index is 9.33. The van der Waals surface area contributed by atoms with E-state index in [2.05, 4.69) is 4.74 Å². The molecule has 0 aliphatic heterocycles. The van der Waals surface area contributed by atoms with Gasteiger partial charge in [0, 0.05) is 0 Å².